The first kappa shape index (κ1) is 15.8. The second-order valence-corrected chi connectivity index (χ2v) is 5.87. The summed E-state index contributed by atoms with van der Waals surface area (Å²) in [5.74, 6) is 1.08. The Morgan fingerprint density at radius 2 is 1.67 bits per heavy atom. The molecule has 0 bridgehead atoms. The normalized spacial score (nSPS) is 28.7. The largest absolute Gasteiger partial charge is 0.353 e. The smallest absolute Gasteiger partial charge is 0.220 e. The molecule has 18 heavy (non-hydrogen) atoms. The van der Waals surface area contributed by atoms with E-state index in [9.17, 15) is 4.79 Å². The third-order valence-corrected chi connectivity index (χ3v) is 4.39. The quantitative estimate of drug-likeness (QED) is 0.828. The van der Waals surface area contributed by atoms with Gasteiger partial charge in [0.2, 0.25) is 5.91 Å². The van der Waals surface area contributed by atoms with Crippen molar-refractivity contribution in [2.75, 3.05) is 0 Å². The van der Waals surface area contributed by atoms with Gasteiger partial charge in [-0.1, -0.05) is 25.7 Å². The summed E-state index contributed by atoms with van der Waals surface area (Å²) >= 11 is 0. The van der Waals surface area contributed by atoms with Crippen LogP contribution in [0.5, 0.6) is 0 Å². The summed E-state index contributed by atoms with van der Waals surface area (Å²) in [6.07, 6.45) is 11.5. The highest BCUT2D eigenvalue weighted by molar-refractivity contribution is 5.85. The Hall–Kier alpha value is -0.280. The summed E-state index contributed by atoms with van der Waals surface area (Å²) < 4.78 is 0. The van der Waals surface area contributed by atoms with Gasteiger partial charge in [0.1, 0.15) is 0 Å². The van der Waals surface area contributed by atoms with E-state index in [1.807, 2.05) is 0 Å². The third-order valence-electron chi connectivity index (χ3n) is 4.39. The molecule has 0 saturated heterocycles. The van der Waals surface area contributed by atoms with Crippen molar-refractivity contribution in [1.29, 1.82) is 0 Å². The third kappa shape index (κ3) is 5.15. The lowest BCUT2D eigenvalue weighted by Crippen LogP contribution is -2.40. The number of amides is 1. The molecule has 0 unspecified atom stereocenters. The Bertz CT molecular complexity index is 246. The standard InChI is InChI=1S/C14H26N2O.ClH/c15-12-6-8-13(9-7-12)16-14(17)10-5-11-3-1-2-4-11;/h11-13H,1-10,15H2,(H,16,17);1H. The molecule has 3 N–H and O–H groups in total. The van der Waals surface area contributed by atoms with Gasteiger partial charge in [-0.15, -0.1) is 12.4 Å². The van der Waals surface area contributed by atoms with Gasteiger partial charge in [0.15, 0.2) is 0 Å². The van der Waals surface area contributed by atoms with Gasteiger partial charge in [-0.25, -0.2) is 0 Å². The number of nitrogens with two attached hydrogens (primary N) is 1. The first-order chi connectivity index (χ1) is 8.24. The molecule has 0 heterocycles. The molecule has 2 saturated carbocycles. The average Bonchev–Trinajstić information content (AvgIpc) is 2.83. The molecular formula is C14H27ClN2O. The topological polar surface area (TPSA) is 55.1 Å². The van der Waals surface area contributed by atoms with E-state index in [0.717, 1.165) is 44.4 Å². The molecule has 1 amide bonds. The molecule has 2 aliphatic carbocycles. The number of rotatable bonds is 4. The average molecular weight is 275 g/mol. The maximum Gasteiger partial charge on any atom is 0.220 e. The summed E-state index contributed by atoms with van der Waals surface area (Å²) in [7, 11) is 0. The summed E-state index contributed by atoms with van der Waals surface area (Å²) in [5, 5.41) is 3.17. The predicted molar refractivity (Wildman–Crippen MR) is 76.8 cm³/mol. The second-order valence-electron chi connectivity index (χ2n) is 5.87. The molecule has 2 fully saturated rings. The second kappa shape index (κ2) is 8.00. The summed E-state index contributed by atoms with van der Waals surface area (Å²) in [6.45, 7) is 0. The maximum atomic E-state index is 11.8. The zero-order valence-corrected chi connectivity index (χ0v) is 12.0. The molecule has 2 aliphatic rings. The van der Waals surface area contributed by atoms with Crippen LogP contribution in [0.2, 0.25) is 0 Å². The minimum absolute atomic E-state index is 0. The minimum Gasteiger partial charge on any atom is -0.353 e. The molecule has 0 aliphatic heterocycles. The highest BCUT2D eigenvalue weighted by atomic mass is 35.5. The fraction of sp³-hybridized carbons (Fsp3) is 0.929. The van der Waals surface area contributed by atoms with Crippen LogP contribution in [0.3, 0.4) is 0 Å². The fourth-order valence-electron chi connectivity index (χ4n) is 3.20. The van der Waals surface area contributed by atoms with Crippen LogP contribution in [-0.2, 0) is 4.79 Å². The molecule has 0 aromatic carbocycles. The van der Waals surface area contributed by atoms with Crippen LogP contribution in [0.25, 0.3) is 0 Å². The molecule has 0 aromatic heterocycles. The Kier molecular flexibility index (Phi) is 7.02. The predicted octanol–water partition coefficient (Wildman–Crippen LogP) is 2.76. The van der Waals surface area contributed by atoms with Gasteiger partial charge < -0.3 is 11.1 Å². The number of halogens is 1. The van der Waals surface area contributed by atoms with E-state index in [-0.39, 0.29) is 18.3 Å². The van der Waals surface area contributed by atoms with Crippen molar-refractivity contribution in [3.05, 3.63) is 0 Å². The van der Waals surface area contributed by atoms with E-state index in [1.54, 1.807) is 0 Å². The van der Waals surface area contributed by atoms with Crippen LogP contribution in [0.1, 0.15) is 64.2 Å². The van der Waals surface area contributed by atoms with Crippen LogP contribution in [0, 0.1) is 5.92 Å². The molecule has 106 valence electrons. The van der Waals surface area contributed by atoms with Gasteiger partial charge in [0, 0.05) is 18.5 Å². The number of carbonyl (C=O) groups excluding carboxylic acids is 1. The highest BCUT2D eigenvalue weighted by Crippen LogP contribution is 2.28. The molecule has 4 heteroatoms. The van der Waals surface area contributed by atoms with E-state index >= 15 is 0 Å². The SMILES string of the molecule is Cl.NC1CCC(NC(=O)CCC2CCCC2)CC1. The van der Waals surface area contributed by atoms with Crippen molar-refractivity contribution >= 4 is 18.3 Å². The van der Waals surface area contributed by atoms with Gasteiger partial charge in [-0.3, -0.25) is 4.79 Å². The first-order valence-corrected chi connectivity index (χ1v) is 7.29. The zero-order valence-electron chi connectivity index (χ0n) is 11.2. The fourth-order valence-corrected chi connectivity index (χ4v) is 3.20. The van der Waals surface area contributed by atoms with Gasteiger partial charge in [0.25, 0.3) is 0 Å². The summed E-state index contributed by atoms with van der Waals surface area (Å²) in [6, 6.07) is 0.757. The van der Waals surface area contributed by atoms with Crippen molar-refractivity contribution in [3.63, 3.8) is 0 Å². The Labute approximate surface area is 117 Å². The minimum atomic E-state index is 0. The van der Waals surface area contributed by atoms with Crippen molar-refractivity contribution < 1.29 is 4.79 Å². The lowest BCUT2D eigenvalue weighted by molar-refractivity contribution is -0.122. The highest BCUT2D eigenvalue weighted by Gasteiger charge is 2.21. The number of nitrogens with one attached hydrogen (secondary N) is 1. The van der Waals surface area contributed by atoms with Crippen LogP contribution in [0.4, 0.5) is 0 Å². The monoisotopic (exact) mass is 274 g/mol. The molecule has 0 radical (unpaired) electrons. The van der Waals surface area contributed by atoms with Crippen molar-refractivity contribution in [2.45, 2.75) is 76.3 Å². The number of hydrogen-bond acceptors (Lipinski definition) is 2. The Morgan fingerprint density at radius 3 is 2.28 bits per heavy atom. The lowest BCUT2D eigenvalue weighted by Gasteiger charge is -2.27. The van der Waals surface area contributed by atoms with Crippen LogP contribution in [0.15, 0.2) is 0 Å². The number of hydrogen-bond donors (Lipinski definition) is 2. The van der Waals surface area contributed by atoms with Crippen LogP contribution in [-0.4, -0.2) is 18.0 Å². The van der Waals surface area contributed by atoms with E-state index in [2.05, 4.69) is 5.32 Å². The Balaban J connectivity index is 0.00000162. The van der Waals surface area contributed by atoms with Crippen LogP contribution < -0.4 is 11.1 Å². The van der Waals surface area contributed by atoms with E-state index in [1.165, 1.54) is 25.7 Å². The van der Waals surface area contributed by atoms with E-state index in [0.29, 0.717) is 12.1 Å². The molecular weight excluding hydrogens is 248 g/mol. The molecule has 0 atom stereocenters. The molecule has 0 spiro atoms. The maximum absolute atomic E-state index is 11.8. The van der Waals surface area contributed by atoms with E-state index < -0.39 is 0 Å². The van der Waals surface area contributed by atoms with Crippen molar-refractivity contribution in [2.24, 2.45) is 11.7 Å². The molecule has 2 rings (SSSR count). The molecule has 0 aromatic rings. The van der Waals surface area contributed by atoms with Gasteiger partial charge in [-0.2, -0.15) is 0 Å². The molecule has 3 nitrogen and oxygen atoms in total. The van der Waals surface area contributed by atoms with E-state index in [4.69, 9.17) is 5.73 Å². The van der Waals surface area contributed by atoms with Crippen LogP contribution >= 0.6 is 12.4 Å². The number of carbonyl (C=O) groups is 1. The lowest BCUT2D eigenvalue weighted by atomic mass is 9.91. The summed E-state index contributed by atoms with van der Waals surface area (Å²) in [4.78, 5) is 11.8. The van der Waals surface area contributed by atoms with Gasteiger partial charge in [-0.05, 0) is 38.0 Å². The summed E-state index contributed by atoms with van der Waals surface area (Å²) in [5.41, 5.74) is 5.86. The first-order valence-electron chi connectivity index (χ1n) is 7.29. The zero-order chi connectivity index (χ0) is 12.1. The van der Waals surface area contributed by atoms with Crippen molar-refractivity contribution in [3.8, 4) is 0 Å². The van der Waals surface area contributed by atoms with Gasteiger partial charge >= 0.3 is 0 Å². The van der Waals surface area contributed by atoms with Crippen molar-refractivity contribution in [1.82, 2.24) is 5.32 Å². The van der Waals surface area contributed by atoms with Gasteiger partial charge in [0.05, 0.1) is 0 Å². The Morgan fingerprint density at radius 1 is 1.06 bits per heavy atom.